The van der Waals surface area contributed by atoms with Gasteiger partial charge in [-0.25, -0.2) is 8.42 Å². The molecule has 2 fully saturated rings. The van der Waals surface area contributed by atoms with Gasteiger partial charge in [0.25, 0.3) is 0 Å². The van der Waals surface area contributed by atoms with Gasteiger partial charge in [-0.15, -0.1) is 17.9 Å². The first-order valence-corrected chi connectivity index (χ1v) is 15.4. The van der Waals surface area contributed by atoms with Crippen molar-refractivity contribution in [2.45, 2.75) is 94.5 Å². The molecule has 1 aliphatic heterocycles. The molecule has 2 radical (unpaired) electrons. The Labute approximate surface area is 231 Å². The maximum absolute atomic E-state index is 12.5. The first-order chi connectivity index (χ1) is 17.6. The lowest BCUT2D eigenvalue weighted by molar-refractivity contribution is -0.0980. The van der Waals surface area contributed by atoms with Gasteiger partial charge in [-0.2, -0.15) is 0 Å². The van der Waals surface area contributed by atoms with Crippen LogP contribution >= 0.6 is 11.3 Å². The van der Waals surface area contributed by atoms with E-state index in [0.29, 0.717) is 16.4 Å². The zero-order valence-corrected chi connectivity index (χ0v) is 25.2. The highest BCUT2D eigenvalue weighted by Crippen LogP contribution is 2.53. The molecule has 1 aliphatic carbocycles. The lowest BCUT2D eigenvalue weighted by Crippen LogP contribution is -2.42. The molecule has 1 saturated carbocycles. The van der Waals surface area contributed by atoms with Crippen LogP contribution in [0.15, 0.2) is 53.8 Å². The predicted molar refractivity (Wildman–Crippen MR) is 161 cm³/mol. The zero-order valence-electron chi connectivity index (χ0n) is 23.5. The predicted octanol–water partition coefficient (Wildman–Crippen LogP) is 7.42. The lowest BCUT2D eigenvalue weighted by atomic mass is 9.75. The number of allylic oxidation sites excluding steroid dienone is 1. The molecule has 2 heterocycles. The van der Waals surface area contributed by atoms with Gasteiger partial charge >= 0.3 is 0 Å². The molecule has 1 atom stereocenters. The smallest absolute Gasteiger partial charge is 0.190 e. The second kappa shape index (κ2) is 14.7. The van der Waals surface area contributed by atoms with Gasteiger partial charge in [-0.3, -0.25) is 0 Å². The summed E-state index contributed by atoms with van der Waals surface area (Å²) < 4.78 is 25.5. The van der Waals surface area contributed by atoms with Gasteiger partial charge in [0.15, 0.2) is 9.84 Å². The van der Waals surface area contributed by atoms with Crippen molar-refractivity contribution in [3.8, 4) is 0 Å². The van der Waals surface area contributed by atoms with Crippen molar-refractivity contribution < 1.29 is 13.2 Å². The first kappa shape index (κ1) is 32.9. The molecule has 202 valence electrons. The van der Waals surface area contributed by atoms with E-state index in [4.69, 9.17) is 12.6 Å². The normalized spacial score (nSPS) is 17.4. The number of hydrogen-bond acceptors (Lipinski definition) is 5. The van der Waals surface area contributed by atoms with Crippen molar-refractivity contribution in [2.75, 3.05) is 6.54 Å². The minimum absolute atomic E-state index is 0.204. The van der Waals surface area contributed by atoms with Gasteiger partial charge in [0.05, 0.1) is 13.1 Å². The second-order valence-corrected chi connectivity index (χ2v) is 13.5. The summed E-state index contributed by atoms with van der Waals surface area (Å²) in [6, 6.07) is 10.1. The van der Waals surface area contributed by atoms with Gasteiger partial charge in [0.2, 0.25) is 0 Å². The minimum atomic E-state index is -3.23. The van der Waals surface area contributed by atoms with Gasteiger partial charge in [-0.1, -0.05) is 50.5 Å². The van der Waals surface area contributed by atoms with Crippen molar-refractivity contribution in [1.82, 2.24) is 4.90 Å². The Bertz CT molecular complexity index is 1130. The van der Waals surface area contributed by atoms with E-state index in [1.807, 2.05) is 33.6 Å². The molecule has 0 bridgehead atoms. The molecular weight excluding hydrogens is 497 g/mol. The molecule has 1 saturated heterocycles. The van der Waals surface area contributed by atoms with Crippen LogP contribution in [-0.2, 0) is 21.1 Å². The topological polar surface area (TPSA) is 54.5 Å². The standard InChI is InChI=1S/C24H30BNO2S2.C3H6.C2H6.CH2O/c1-16(2)30(27,28)22-9-8-21(29-22)14-19-7-5-6-17(3)23(19)18(4)26-13-10-20(25)15-24(26)11-12-24;1-3-2;2*1-2/h5-9,16,20H,4,10-15H2,1-3H3;3H,1H2,2H3;1-2H3;1H2. The molecule has 1 unspecified atom stereocenters. The summed E-state index contributed by atoms with van der Waals surface area (Å²) in [5, 5.41) is -0.404. The summed E-state index contributed by atoms with van der Waals surface area (Å²) in [4.78, 5) is 11.6. The summed E-state index contributed by atoms with van der Waals surface area (Å²) >= 11 is 1.39. The second-order valence-electron chi connectivity index (χ2n) is 9.58. The number of piperidine rings is 1. The molecule has 4 rings (SSSR count). The minimum Gasteiger partial charge on any atom is -0.366 e. The molecule has 1 aromatic heterocycles. The molecule has 37 heavy (non-hydrogen) atoms. The van der Waals surface area contributed by atoms with E-state index in [9.17, 15) is 8.42 Å². The van der Waals surface area contributed by atoms with E-state index in [1.54, 1.807) is 26.0 Å². The first-order valence-electron chi connectivity index (χ1n) is 13.0. The van der Waals surface area contributed by atoms with Crippen LogP contribution in [0.2, 0.25) is 5.82 Å². The fraction of sp³-hybridized carbons (Fsp3) is 0.500. The number of carbonyl (C=O) groups excluding carboxylic acids is 1. The Kier molecular flexibility index (Phi) is 13.1. The monoisotopic (exact) mass is 541 g/mol. The van der Waals surface area contributed by atoms with Crippen LogP contribution in [0.1, 0.15) is 81.9 Å². The molecule has 4 nitrogen and oxygen atoms in total. The van der Waals surface area contributed by atoms with Crippen molar-refractivity contribution in [3.05, 3.63) is 71.1 Å². The fourth-order valence-corrected chi connectivity index (χ4v) is 7.57. The zero-order chi connectivity index (χ0) is 28.4. The van der Waals surface area contributed by atoms with Crippen LogP contribution in [0.5, 0.6) is 0 Å². The molecule has 2 aliphatic rings. The van der Waals surface area contributed by atoms with Crippen molar-refractivity contribution in [1.29, 1.82) is 0 Å². The molecule has 0 amide bonds. The lowest BCUT2D eigenvalue weighted by Gasteiger charge is -2.43. The van der Waals surface area contributed by atoms with Crippen LogP contribution < -0.4 is 0 Å². The highest BCUT2D eigenvalue weighted by atomic mass is 32.2. The number of hydrogen-bond donors (Lipinski definition) is 0. The number of thiophene rings is 1. The van der Waals surface area contributed by atoms with Crippen molar-refractivity contribution in [2.24, 2.45) is 0 Å². The highest BCUT2D eigenvalue weighted by molar-refractivity contribution is 7.94. The average molecular weight is 542 g/mol. The van der Waals surface area contributed by atoms with Crippen LogP contribution in [0, 0.1) is 6.92 Å². The Morgan fingerprint density at radius 2 is 1.81 bits per heavy atom. The van der Waals surface area contributed by atoms with Gasteiger partial charge in [-0.05, 0) is 76.6 Å². The van der Waals surface area contributed by atoms with E-state index in [1.165, 1.54) is 40.9 Å². The number of carbonyl (C=O) groups is 1. The molecule has 1 spiro atoms. The quantitative estimate of drug-likeness (QED) is 0.282. The van der Waals surface area contributed by atoms with E-state index >= 15 is 0 Å². The van der Waals surface area contributed by atoms with E-state index in [2.05, 4.69) is 43.2 Å². The molecule has 1 aromatic carbocycles. The molecule has 7 heteroatoms. The number of nitrogens with zero attached hydrogens (tertiary/aromatic N) is 1. The highest BCUT2D eigenvalue weighted by Gasteiger charge is 2.51. The van der Waals surface area contributed by atoms with Crippen molar-refractivity contribution in [3.63, 3.8) is 0 Å². The van der Waals surface area contributed by atoms with Gasteiger partial charge in [0, 0.05) is 34.6 Å². The van der Waals surface area contributed by atoms with Crippen LogP contribution in [0.4, 0.5) is 0 Å². The van der Waals surface area contributed by atoms with Gasteiger partial charge < -0.3 is 9.69 Å². The Morgan fingerprint density at radius 3 is 2.35 bits per heavy atom. The maximum Gasteiger partial charge on any atom is 0.190 e. The largest absolute Gasteiger partial charge is 0.366 e. The number of rotatable bonds is 6. The number of sulfone groups is 1. The number of benzene rings is 1. The summed E-state index contributed by atoms with van der Waals surface area (Å²) in [5.74, 6) is 0.292. The summed E-state index contributed by atoms with van der Waals surface area (Å²) in [7, 11) is 3.04. The molecule has 0 N–H and O–H groups in total. The maximum atomic E-state index is 12.5. The van der Waals surface area contributed by atoms with Crippen LogP contribution in [0.25, 0.3) is 5.70 Å². The van der Waals surface area contributed by atoms with E-state index in [0.717, 1.165) is 30.0 Å². The summed E-state index contributed by atoms with van der Waals surface area (Å²) in [6.07, 6.45) is 6.91. The average Bonchev–Trinajstić information content (AvgIpc) is 3.44. The molecule has 2 aromatic rings. The fourth-order valence-electron chi connectivity index (χ4n) is 4.72. The Hall–Kier alpha value is -2.12. The van der Waals surface area contributed by atoms with E-state index < -0.39 is 15.1 Å². The SMILES string of the molecule is C=CC.C=O.CC.[B]C1CCN(C(=C)c2c(C)cccc2Cc2ccc(S(=O)(=O)C(C)C)s2)C2(CC2)C1. The third kappa shape index (κ3) is 7.94. The Morgan fingerprint density at radius 1 is 1.22 bits per heavy atom. The number of aryl methyl sites for hydroxylation is 1. The summed E-state index contributed by atoms with van der Waals surface area (Å²) in [6.45, 7) is 22.3. The third-order valence-corrected chi connectivity index (χ3v) is 10.4. The van der Waals surface area contributed by atoms with Crippen LogP contribution in [-0.4, -0.2) is 45.3 Å². The van der Waals surface area contributed by atoms with Gasteiger partial charge in [0.1, 0.15) is 11.0 Å². The molecular formula is C30H44BNO3S2. The van der Waals surface area contributed by atoms with Crippen LogP contribution in [0.3, 0.4) is 0 Å². The van der Waals surface area contributed by atoms with Crippen molar-refractivity contribution >= 4 is 41.5 Å². The van der Waals surface area contributed by atoms with E-state index in [-0.39, 0.29) is 5.54 Å². The number of likely N-dealkylation sites (tertiary alicyclic amines) is 1. The summed E-state index contributed by atoms with van der Waals surface area (Å²) in [5.41, 5.74) is 4.94. The Balaban J connectivity index is 0.000000894. The third-order valence-electron chi connectivity index (χ3n) is 6.64.